The van der Waals surface area contributed by atoms with Crippen LogP contribution in [0.3, 0.4) is 0 Å². The van der Waals surface area contributed by atoms with Crippen molar-refractivity contribution in [1.82, 2.24) is 24.5 Å². The summed E-state index contributed by atoms with van der Waals surface area (Å²) in [5.41, 5.74) is -1.39. The van der Waals surface area contributed by atoms with Crippen LogP contribution in [0, 0.1) is 11.3 Å². The minimum absolute atomic E-state index is 0.0701. The SMILES string of the molecule is CC1(C)CC2CCCNc3ccnc(c3)S(=O)(=O)NC(=O)c3ccc(-n4ccc(OCCC5(C(F)(F)F)CC5)n4)nc3N1C2. The molecule has 3 aromatic heterocycles. The van der Waals surface area contributed by atoms with Crippen LogP contribution in [0.25, 0.3) is 5.82 Å². The Labute approximate surface area is 253 Å². The average molecular weight is 634 g/mol. The summed E-state index contributed by atoms with van der Waals surface area (Å²) in [4.78, 5) is 24.3. The summed E-state index contributed by atoms with van der Waals surface area (Å²) in [5, 5.41) is 7.30. The number of nitrogens with zero attached hydrogens (tertiary/aromatic N) is 5. The standard InChI is InChI=1S/C29H34F3N7O4S/c1-27(2)17-19-4-3-12-33-20-7-13-34-24(16-20)44(41,42)37-26(40)21-5-6-22(35-25(21)38(27)18-19)39-14-8-23(36-39)43-15-11-28(9-10-28)29(30,31)32/h5-8,13-14,16,19,33H,3-4,9-12,15,17-18H2,1-2H3,(H,37,40). The van der Waals surface area contributed by atoms with E-state index < -0.39 is 33.1 Å². The van der Waals surface area contributed by atoms with Gasteiger partial charge in [-0.15, -0.1) is 5.10 Å². The molecule has 2 fully saturated rings. The van der Waals surface area contributed by atoms with Gasteiger partial charge in [0.05, 0.1) is 17.6 Å². The van der Waals surface area contributed by atoms with Crippen LogP contribution in [0.2, 0.25) is 0 Å². The van der Waals surface area contributed by atoms with Gasteiger partial charge in [0, 0.05) is 48.8 Å². The predicted octanol–water partition coefficient (Wildman–Crippen LogP) is 4.70. The highest BCUT2D eigenvalue weighted by atomic mass is 32.2. The highest BCUT2D eigenvalue weighted by Gasteiger charge is 2.62. The molecular formula is C29H34F3N7O4S. The molecule has 1 saturated carbocycles. The van der Waals surface area contributed by atoms with E-state index in [1.807, 2.05) is 4.90 Å². The van der Waals surface area contributed by atoms with Crippen LogP contribution in [0.5, 0.6) is 5.88 Å². The van der Waals surface area contributed by atoms with Gasteiger partial charge in [-0.2, -0.15) is 21.6 Å². The molecule has 11 nitrogen and oxygen atoms in total. The number of hydrogen-bond acceptors (Lipinski definition) is 9. The first-order valence-corrected chi connectivity index (χ1v) is 16.1. The molecular weight excluding hydrogens is 599 g/mol. The van der Waals surface area contributed by atoms with E-state index in [9.17, 15) is 26.4 Å². The first-order valence-electron chi connectivity index (χ1n) is 14.6. The summed E-state index contributed by atoms with van der Waals surface area (Å²) in [5.74, 6) is 0.243. The van der Waals surface area contributed by atoms with Gasteiger partial charge in [-0.25, -0.2) is 19.4 Å². The van der Waals surface area contributed by atoms with Crippen molar-refractivity contribution < 1.29 is 31.1 Å². The van der Waals surface area contributed by atoms with E-state index in [1.165, 1.54) is 35.1 Å². The Bertz CT molecular complexity index is 1670. The number of hydrogen-bond donors (Lipinski definition) is 2. The Hall–Kier alpha value is -3.88. The van der Waals surface area contributed by atoms with Gasteiger partial charge in [-0.3, -0.25) is 4.79 Å². The Morgan fingerprint density at radius 1 is 1.16 bits per heavy atom. The van der Waals surface area contributed by atoms with Crippen LogP contribution in [0.4, 0.5) is 24.7 Å². The van der Waals surface area contributed by atoms with Gasteiger partial charge in [0.1, 0.15) is 5.82 Å². The minimum atomic E-state index is -4.30. The fourth-order valence-electron chi connectivity index (χ4n) is 6.11. The van der Waals surface area contributed by atoms with Crippen LogP contribution in [0.15, 0.2) is 47.8 Å². The number of sulfonamides is 1. The van der Waals surface area contributed by atoms with Crippen molar-refractivity contribution in [3.8, 4) is 11.7 Å². The van der Waals surface area contributed by atoms with Crippen LogP contribution >= 0.6 is 0 Å². The van der Waals surface area contributed by atoms with Crippen molar-refractivity contribution in [2.24, 2.45) is 11.3 Å². The summed E-state index contributed by atoms with van der Waals surface area (Å²) in [6.45, 7) is 5.25. The van der Waals surface area contributed by atoms with Crippen molar-refractivity contribution in [1.29, 1.82) is 0 Å². The average Bonchev–Trinajstić information content (AvgIpc) is 3.51. The number of amides is 1. The molecule has 3 aromatic rings. The third-order valence-corrected chi connectivity index (χ3v) is 9.99. The fourth-order valence-corrected chi connectivity index (χ4v) is 7.05. The zero-order valence-corrected chi connectivity index (χ0v) is 25.2. The summed E-state index contributed by atoms with van der Waals surface area (Å²) in [6.07, 6.45) is 1.39. The molecule has 3 aliphatic rings. The second-order valence-corrected chi connectivity index (χ2v) is 14.0. The lowest BCUT2D eigenvalue weighted by atomic mass is 9.93. The zero-order valence-electron chi connectivity index (χ0n) is 24.4. The molecule has 1 amide bonds. The number of rotatable bonds is 5. The minimum Gasteiger partial charge on any atom is -0.477 e. The maximum atomic E-state index is 13.5. The molecule has 2 N–H and O–H groups in total. The molecule has 15 heteroatoms. The van der Waals surface area contributed by atoms with Crippen LogP contribution in [-0.4, -0.2) is 65.5 Å². The van der Waals surface area contributed by atoms with Crippen LogP contribution < -0.4 is 19.7 Å². The van der Waals surface area contributed by atoms with E-state index in [1.54, 1.807) is 12.3 Å². The highest BCUT2D eigenvalue weighted by molar-refractivity contribution is 7.90. The lowest BCUT2D eigenvalue weighted by Crippen LogP contribution is -2.41. The van der Waals surface area contributed by atoms with Gasteiger partial charge >= 0.3 is 6.18 Å². The van der Waals surface area contributed by atoms with E-state index in [-0.39, 0.29) is 42.3 Å². The summed E-state index contributed by atoms with van der Waals surface area (Å²) in [6, 6.07) is 7.63. The number of halogens is 3. The second-order valence-electron chi connectivity index (χ2n) is 12.4. The lowest BCUT2D eigenvalue weighted by molar-refractivity contribution is -0.190. The van der Waals surface area contributed by atoms with Crippen LogP contribution in [0.1, 0.15) is 62.7 Å². The maximum Gasteiger partial charge on any atom is 0.394 e. The van der Waals surface area contributed by atoms with Gasteiger partial charge in [0.25, 0.3) is 15.9 Å². The molecule has 0 radical (unpaired) electrons. The zero-order chi connectivity index (χ0) is 31.3. The molecule has 44 heavy (non-hydrogen) atoms. The molecule has 0 aromatic carbocycles. The smallest absolute Gasteiger partial charge is 0.394 e. The summed E-state index contributed by atoms with van der Waals surface area (Å²) in [7, 11) is -4.30. The quantitative estimate of drug-likeness (QED) is 0.410. The molecule has 5 heterocycles. The maximum absolute atomic E-state index is 13.5. The monoisotopic (exact) mass is 633 g/mol. The Kier molecular flexibility index (Phi) is 7.49. The van der Waals surface area contributed by atoms with E-state index >= 15 is 0 Å². The number of aromatic nitrogens is 4. The Morgan fingerprint density at radius 2 is 1.95 bits per heavy atom. The van der Waals surface area contributed by atoms with Gasteiger partial charge in [-0.05, 0) is 76.5 Å². The molecule has 0 spiro atoms. The lowest BCUT2D eigenvalue weighted by Gasteiger charge is -2.34. The number of fused-ring (bicyclic) bond motifs is 6. The number of carbonyl (C=O) groups excluding carboxylic acids is 1. The summed E-state index contributed by atoms with van der Waals surface area (Å²) >= 11 is 0. The van der Waals surface area contributed by atoms with E-state index in [0.717, 1.165) is 19.3 Å². The van der Waals surface area contributed by atoms with Gasteiger partial charge < -0.3 is 15.0 Å². The van der Waals surface area contributed by atoms with Crippen molar-refractivity contribution in [2.75, 3.05) is 29.9 Å². The number of nitrogens with one attached hydrogen (secondary N) is 2. The molecule has 4 bridgehead atoms. The first kappa shape index (κ1) is 30.2. The fraction of sp³-hybridized carbons (Fsp3) is 0.517. The molecule has 6 rings (SSSR count). The van der Waals surface area contributed by atoms with Crippen molar-refractivity contribution in [3.63, 3.8) is 0 Å². The van der Waals surface area contributed by atoms with E-state index in [2.05, 4.69) is 34.0 Å². The first-order chi connectivity index (χ1) is 20.8. The van der Waals surface area contributed by atoms with Gasteiger partial charge in [0.2, 0.25) is 5.88 Å². The topological polar surface area (TPSA) is 131 Å². The van der Waals surface area contributed by atoms with Gasteiger partial charge in [-0.1, -0.05) is 0 Å². The van der Waals surface area contributed by atoms with E-state index in [0.29, 0.717) is 36.3 Å². The predicted molar refractivity (Wildman–Crippen MR) is 155 cm³/mol. The third kappa shape index (κ3) is 5.93. The molecule has 1 unspecified atom stereocenters. The number of anilines is 2. The number of carbonyl (C=O) groups is 1. The highest BCUT2D eigenvalue weighted by Crippen LogP contribution is 2.59. The third-order valence-electron chi connectivity index (χ3n) is 8.76. The van der Waals surface area contributed by atoms with Crippen molar-refractivity contribution in [2.45, 2.75) is 69.1 Å². The Morgan fingerprint density at radius 3 is 2.70 bits per heavy atom. The molecule has 1 saturated heterocycles. The van der Waals surface area contributed by atoms with Crippen molar-refractivity contribution >= 4 is 27.4 Å². The van der Waals surface area contributed by atoms with E-state index in [4.69, 9.17) is 9.72 Å². The molecule has 1 atom stereocenters. The molecule has 1 aliphatic carbocycles. The summed E-state index contributed by atoms with van der Waals surface area (Å²) < 4.78 is 75.2. The molecule has 2 aliphatic heterocycles. The van der Waals surface area contributed by atoms with Crippen molar-refractivity contribution in [3.05, 3.63) is 48.3 Å². The van der Waals surface area contributed by atoms with Gasteiger partial charge in [0.15, 0.2) is 10.8 Å². The number of ether oxygens (including phenoxy) is 1. The molecule has 236 valence electrons. The number of alkyl halides is 3. The number of pyridine rings is 2. The second kappa shape index (κ2) is 10.9. The van der Waals surface area contributed by atoms with Crippen LogP contribution in [-0.2, 0) is 10.0 Å². The largest absolute Gasteiger partial charge is 0.477 e. The normalized spacial score (nSPS) is 22.2. The Balaban J connectivity index is 1.30.